The van der Waals surface area contributed by atoms with Gasteiger partial charge in [0.25, 0.3) is 5.91 Å². The largest absolute Gasteiger partial charge is 0.337 e. The Kier molecular flexibility index (Phi) is 4.47. The van der Waals surface area contributed by atoms with Crippen LogP contribution in [0.5, 0.6) is 0 Å². The lowest BCUT2D eigenvalue weighted by Gasteiger charge is -2.32. The smallest absolute Gasteiger partial charge is 0.274 e. The third kappa shape index (κ3) is 3.55. The van der Waals surface area contributed by atoms with E-state index >= 15 is 0 Å². The molecule has 9 heteroatoms. The summed E-state index contributed by atoms with van der Waals surface area (Å²) in [5.41, 5.74) is 0.391. The van der Waals surface area contributed by atoms with Gasteiger partial charge in [0.1, 0.15) is 5.69 Å². The van der Waals surface area contributed by atoms with Crippen molar-refractivity contribution in [3.63, 3.8) is 0 Å². The first-order chi connectivity index (χ1) is 12.3. The summed E-state index contributed by atoms with van der Waals surface area (Å²) in [5.74, 6) is 0.890. The van der Waals surface area contributed by atoms with Crippen LogP contribution in [0.4, 0.5) is 0 Å². The highest BCUT2D eigenvalue weighted by atomic mass is 32.1. The molecule has 0 aromatic carbocycles. The molecule has 25 heavy (non-hydrogen) atoms. The molecular weight excluding hydrogens is 338 g/mol. The molecule has 4 heterocycles. The molecule has 0 radical (unpaired) electrons. The number of carbonyl (C=O) groups is 1. The van der Waals surface area contributed by atoms with Gasteiger partial charge >= 0.3 is 0 Å². The van der Waals surface area contributed by atoms with Gasteiger partial charge in [0.15, 0.2) is 0 Å². The van der Waals surface area contributed by atoms with E-state index in [1.165, 1.54) is 6.20 Å². The van der Waals surface area contributed by atoms with E-state index in [4.69, 9.17) is 0 Å². The molecule has 0 saturated carbocycles. The van der Waals surface area contributed by atoms with Crippen molar-refractivity contribution in [2.75, 3.05) is 13.1 Å². The lowest BCUT2D eigenvalue weighted by molar-refractivity contribution is 0.0649. The Labute approximate surface area is 148 Å². The fraction of sp³-hybridized carbons (Fsp3) is 0.375. The van der Waals surface area contributed by atoms with Gasteiger partial charge in [0.05, 0.1) is 17.6 Å². The van der Waals surface area contributed by atoms with E-state index in [9.17, 15) is 4.79 Å². The number of piperidine rings is 1. The van der Waals surface area contributed by atoms with Crippen LogP contribution in [0, 0.1) is 5.92 Å². The summed E-state index contributed by atoms with van der Waals surface area (Å²) in [6, 6.07) is 3.95. The number of hydrogen-bond acceptors (Lipinski definition) is 7. The lowest BCUT2D eigenvalue weighted by atomic mass is 9.98. The molecule has 128 valence electrons. The number of amides is 1. The number of hydrogen-bond donors (Lipinski definition) is 0. The van der Waals surface area contributed by atoms with Crippen LogP contribution in [0.15, 0.2) is 36.1 Å². The van der Waals surface area contributed by atoms with Gasteiger partial charge < -0.3 is 4.90 Å². The van der Waals surface area contributed by atoms with E-state index in [1.807, 2.05) is 22.4 Å². The average Bonchev–Trinajstić information content (AvgIpc) is 3.34. The van der Waals surface area contributed by atoms with Crippen molar-refractivity contribution in [3.05, 3.63) is 41.8 Å². The molecule has 0 bridgehead atoms. The SMILES string of the molecule is O=C(c1cnccn1)N1CCC[C@H](Cn2nnc(-c3cccs3)n2)C1. The zero-order valence-electron chi connectivity index (χ0n) is 13.5. The molecule has 0 spiro atoms. The Bertz CT molecular complexity index is 833. The number of likely N-dealkylation sites (tertiary alicyclic amines) is 1. The summed E-state index contributed by atoms with van der Waals surface area (Å²) in [5, 5.41) is 14.7. The van der Waals surface area contributed by atoms with E-state index in [1.54, 1.807) is 28.5 Å². The first-order valence-corrected chi connectivity index (χ1v) is 9.04. The Morgan fingerprint density at radius 1 is 1.36 bits per heavy atom. The first kappa shape index (κ1) is 15.8. The van der Waals surface area contributed by atoms with Crippen molar-refractivity contribution in [1.82, 2.24) is 35.1 Å². The molecule has 8 nitrogen and oxygen atoms in total. The highest BCUT2D eigenvalue weighted by Crippen LogP contribution is 2.21. The molecular formula is C16H17N7OS. The highest BCUT2D eigenvalue weighted by molar-refractivity contribution is 7.13. The lowest BCUT2D eigenvalue weighted by Crippen LogP contribution is -2.41. The van der Waals surface area contributed by atoms with Gasteiger partial charge in [-0.3, -0.25) is 9.78 Å². The van der Waals surface area contributed by atoms with Gasteiger partial charge in [0.2, 0.25) is 5.82 Å². The second kappa shape index (κ2) is 7.06. The number of tetrazole rings is 1. The molecule has 4 rings (SSSR count). The standard InChI is InChI=1S/C16H17N7OS/c24-16(13-9-17-5-6-18-13)22-7-1-3-12(10-22)11-23-20-15(19-21-23)14-4-2-8-25-14/h2,4-6,8-9,12H,1,3,7,10-11H2/t12-/m0/s1. The van der Waals surface area contributed by atoms with Gasteiger partial charge in [-0.1, -0.05) is 6.07 Å². The summed E-state index contributed by atoms with van der Waals surface area (Å²) in [7, 11) is 0. The monoisotopic (exact) mass is 355 g/mol. The maximum atomic E-state index is 12.5. The molecule has 0 aliphatic carbocycles. The number of thiophene rings is 1. The number of nitrogens with zero attached hydrogens (tertiary/aromatic N) is 7. The molecule has 1 saturated heterocycles. The van der Waals surface area contributed by atoms with Crippen molar-refractivity contribution in [2.45, 2.75) is 19.4 Å². The average molecular weight is 355 g/mol. The normalized spacial score (nSPS) is 17.6. The molecule has 3 aromatic rings. The van der Waals surface area contributed by atoms with Crippen molar-refractivity contribution in [3.8, 4) is 10.7 Å². The first-order valence-electron chi connectivity index (χ1n) is 8.16. The van der Waals surface area contributed by atoms with Crippen LogP contribution in [0.1, 0.15) is 23.3 Å². The zero-order chi connectivity index (χ0) is 17.1. The fourth-order valence-electron chi connectivity index (χ4n) is 3.03. The van der Waals surface area contributed by atoms with Crippen molar-refractivity contribution in [1.29, 1.82) is 0 Å². The minimum Gasteiger partial charge on any atom is -0.337 e. The van der Waals surface area contributed by atoms with Gasteiger partial charge in [-0.05, 0) is 35.4 Å². The number of rotatable bonds is 4. The number of carbonyl (C=O) groups excluding carboxylic acids is 1. The third-order valence-corrected chi connectivity index (χ3v) is 5.07. The molecule has 0 unspecified atom stereocenters. The molecule has 1 fully saturated rings. The minimum atomic E-state index is -0.0661. The van der Waals surface area contributed by atoms with Crippen LogP contribution in [0.25, 0.3) is 10.7 Å². The van der Waals surface area contributed by atoms with E-state index in [0.29, 0.717) is 30.5 Å². The van der Waals surface area contributed by atoms with Gasteiger partial charge in [-0.15, -0.1) is 21.5 Å². The van der Waals surface area contributed by atoms with Crippen molar-refractivity contribution in [2.24, 2.45) is 5.92 Å². The maximum absolute atomic E-state index is 12.5. The maximum Gasteiger partial charge on any atom is 0.274 e. The van der Waals surface area contributed by atoms with Crippen LogP contribution in [-0.4, -0.2) is 54.1 Å². The second-order valence-electron chi connectivity index (χ2n) is 6.00. The topological polar surface area (TPSA) is 89.7 Å². The molecule has 1 atom stereocenters. The highest BCUT2D eigenvalue weighted by Gasteiger charge is 2.26. The van der Waals surface area contributed by atoms with Crippen LogP contribution in [0.2, 0.25) is 0 Å². The Hall–Kier alpha value is -2.68. The third-order valence-electron chi connectivity index (χ3n) is 4.20. The van der Waals surface area contributed by atoms with E-state index < -0.39 is 0 Å². The molecule has 1 aliphatic rings. The molecule has 1 aliphatic heterocycles. The van der Waals surface area contributed by atoms with Gasteiger partial charge in [-0.25, -0.2) is 4.98 Å². The van der Waals surface area contributed by atoms with Gasteiger partial charge in [0, 0.05) is 25.5 Å². The Morgan fingerprint density at radius 3 is 3.12 bits per heavy atom. The van der Waals surface area contributed by atoms with Crippen LogP contribution in [0.3, 0.4) is 0 Å². The van der Waals surface area contributed by atoms with E-state index in [2.05, 4.69) is 25.4 Å². The van der Waals surface area contributed by atoms with Crippen LogP contribution >= 0.6 is 11.3 Å². The quantitative estimate of drug-likeness (QED) is 0.708. The predicted octanol–water partition coefficient (Wildman–Crippen LogP) is 1.74. The number of aromatic nitrogens is 6. The van der Waals surface area contributed by atoms with Crippen LogP contribution in [-0.2, 0) is 6.54 Å². The Balaban J connectivity index is 1.41. The molecule has 0 N–H and O–H groups in total. The fourth-order valence-corrected chi connectivity index (χ4v) is 3.67. The Morgan fingerprint density at radius 2 is 2.32 bits per heavy atom. The predicted molar refractivity (Wildman–Crippen MR) is 91.8 cm³/mol. The van der Waals surface area contributed by atoms with Crippen LogP contribution < -0.4 is 0 Å². The minimum absolute atomic E-state index is 0.0661. The van der Waals surface area contributed by atoms with E-state index in [0.717, 1.165) is 24.3 Å². The molecule has 1 amide bonds. The molecule has 3 aromatic heterocycles. The summed E-state index contributed by atoms with van der Waals surface area (Å²) in [6.07, 6.45) is 6.62. The van der Waals surface area contributed by atoms with Gasteiger partial charge in [-0.2, -0.15) is 4.80 Å². The van der Waals surface area contributed by atoms with E-state index in [-0.39, 0.29) is 5.91 Å². The summed E-state index contributed by atoms with van der Waals surface area (Å²) < 4.78 is 0. The second-order valence-corrected chi connectivity index (χ2v) is 6.94. The summed E-state index contributed by atoms with van der Waals surface area (Å²) in [6.45, 7) is 2.07. The summed E-state index contributed by atoms with van der Waals surface area (Å²) >= 11 is 1.59. The van der Waals surface area contributed by atoms with Crippen molar-refractivity contribution < 1.29 is 4.79 Å². The van der Waals surface area contributed by atoms with Crippen molar-refractivity contribution >= 4 is 17.2 Å². The zero-order valence-corrected chi connectivity index (χ0v) is 14.3. The summed E-state index contributed by atoms with van der Waals surface area (Å²) in [4.78, 5) is 25.1.